The van der Waals surface area contributed by atoms with E-state index in [9.17, 15) is 4.39 Å². The number of aryl methyl sites for hydroxylation is 2. The Balaban J connectivity index is 1.91. The summed E-state index contributed by atoms with van der Waals surface area (Å²) in [5, 5.41) is 7.97. The first-order chi connectivity index (χ1) is 13.9. The van der Waals surface area contributed by atoms with Gasteiger partial charge in [0, 0.05) is 29.4 Å². The summed E-state index contributed by atoms with van der Waals surface area (Å²) in [5.41, 5.74) is 4.45. The van der Waals surface area contributed by atoms with Crippen molar-refractivity contribution in [2.75, 3.05) is 5.32 Å². The molecule has 0 aromatic heterocycles. The average molecular weight is 428 g/mol. The van der Waals surface area contributed by atoms with E-state index >= 15 is 0 Å². The highest BCUT2D eigenvalue weighted by Gasteiger charge is 2.40. The minimum Gasteiger partial charge on any atom is -0.342 e. The van der Waals surface area contributed by atoms with Gasteiger partial charge in [-0.25, -0.2) is 4.39 Å². The zero-order chi connectivity index (χ0) is 22.1. The molecule has 0 atom stereocenters. The van der Waals surface area contributed by atoms with Gasteiger partial charge >= 0.3 is 0 Å². The summed E-state index contributed by atoms with van der Waals surface area (Å²) in [7, 11) is 0. The van der Waals surface area contributed by atoms with Gasteiger partial charge in [0.25, 0.3) is 0 Å². The molecule has 0 radical (unpaired) electrons. The van der Waals surface area contributed by atoms with Gasteiger partial charge in [0.05, 0.1) is 0 Å². The first kappa shape index (κ1) is 22.7. The zero-order valence-electron chi connectivity index (χ0n) is 19.0. The summed E-state index contributed by atoms with van der Waals surface area (Å²) in [6.07, 6.45) is 1.96. The third kappa shape index (κ3) is 5.79. The van der Waals surface area contributed by atoms with E-state index in [1.807, 2.05) is 12.1 Å². The van der Waals surface area contributed by atoms with Crippen LogP contribution in [0.1, 0.15) is 57.2 Å². The number of rotatable bonds is 4. The fourth-order valence-corrected chi connectivity index (χ4v) is 5.02. The van der Waals surface area contributed by atoms with Crippen LogP contribution in [0.15, 0.2) is 42.5 Å². The first-order valence-corrected chi connectivity index (χ1v) is 11.0. The second-order valence-electron chi connectivity index (χ2n) is 9.96. The molecular formula is C25H34FN3S. The Morgan fingerprint density at radius 2 is 1.67 bits per heavy atom. The molecule has 0 amide bonds. The van der Waals surface area contributed by atoms with Gasteiger partial charge in [-0.15, -0.1) is 0 Å². The molecule has 1 saturated heterocycles. The Bertz CT molecular complexity index is 889. The Morgan fingerprint density at radius 1 is 1.07 bits per heavy atom. The van der Waals surface area contributed by atoms with Crippen molar-refractivity contribution in [1.29, 1.82) is 0 Å². The van der Waals surface area contributed by atoms with E-state index in [0.29, 0.717) is 11.7 Å². The van der Waals surface area contributed by atoms with Crippen molar-refractivity contribution in [1.82, 2.24) is 10.2 Å². The Kier molecular flexibility index (Phi) is 6.54. The topological polar surface area (TPSA) is 27.3 Å². The van der Waals surface area contributed by atoms with Crippen LogP contribution in [0, 0.1) is 19.7 Å². The number of thiocarbonyl (C=S) groups is 1. The number of piperidine rings is 1. The normalized spacial score (nSPS) is 18.1. The second kappa shape index (κ2) is 8.64. The monoisotopic (exact) mass is 427 g/mol. The molecule has 1 aliphatic rings. The summed E-state index contributed by atoms with van der Waals surface area (Å²) in [6.45, 7) is 13.8. The van der Waals surface area contributed by atoms with Gasteiger partial charge in [-0.1, -0.05) is 24.3 Å². The van der Waals surface area contributed by atoms with Crippen molar-refractivity contribution in [3.05, 3.63) is 65.0 Å². The maximum Gasteiger partial charge on any atom is 0.173 e. The van der Waals surface area contributed by atoms with Crippen molar-refractivity contribution < 1.29 is 4.39 Å². The van der Waals surface area contributed by atoms with Crippen LogP contribution in [-0.2, 0) is 6.54 Å². The summed E-state index contributed by atoms with van der Waals surface area (Å²) < 4.78 is 13.5. The van der Waals surface area contributed by atoms with Crippen molar-refractivity contribution in [3.63, 3.8) is 0 Å². The molecule has 1 aliphatic heterocycles. The van der Waals surface area contributed by atoms with Crippen LogP contribution in [0.25, 0.3) is 0 Å². The number of nitrogens with zero attached hydrogens (tertiary/aromatic N) is 1. The van der Waals surface area contributed by atoms with Crippen LogP contribution >= 0.6 is 12.2 Å². The molecule has 0 unspecified atom stereocenters. The van der Waals surface area contributed by atoms with Crippen LogP contribution in [-0.4, -0.2) is 27.1 Å². The largest absolute Gasteiger partial charge is 0.342 e. The molecule has 0 saturated carbocycles. The maximum atomic E-state index is 13.5. The molecule has 2 aromatic carbocycles. The molecule has 1 fully saturated rings. The summed E-state index contributed by atoms with van der Waals surface area (Å²) in [6, 6.07) is 13.4. The standard InChI is InChI=1S/C25H34FN3S/c1-17-7-8-18(2)22(13-17)27-23(30)29(16-19-9-11-20(26)12-10-19)21-14-24(3,4)28-25(5,6)15-21/h7-13,21,28H,14-16H2,1-6H3,(H,27,30). The lowest BCUT2D eigenvalue weighted by Crippen LogP contribution is -2.63. The molecule has 0 bridgehead atoms. The number of anilines is 1. The number of nitrogens with one attached hydrogen (secondary N) is 2. The first-order valence-electron chi connectivity index (χ1n) is 10.6. The molecule has 30 heavy (non-hydrogen) atoms. The predicted molar refractivity (Wildman–Crippen MR) is 128 cm³/mol. The average Bonchev–Trinajstić information content (AvgIpc) is 2.61. The van der Waals surface area contributed by atoms with Crippen LogP contribution in [0.4, 0.5) is 10.1 Å². The number of hydrogen-bond donors (Lipinski definition) is 2. The van der Waals surface area contributed by atoms with Crippen LogP contribution in [0.2, 0.25) is 0 Å². The SMILES string of the molecule is Cc1ccc(C)c(NC(=S)N(Cc2ccc(F)cc2)C2CC(C)(C)NC(C)(C)C2)c1. The zero-order valence-corrected chi connectivity index (χ0v) is 19.8. The highest BCUT2D eigenvalue weighted by Crippen LogP contribution is 2.33. The van der Waals surface area contributed by atoms with Crippen LogP contribution in [0.5, 0.6) is 0 Å². The fourth-order valence-electron chi connectivity index (χ4n) is 4.70. The molecule has 162 valence electrons. The van der Waals surface area contributed by atoms with Gasteiger partial charge < -0.3 is 15.5 Å². The van der Waals surface area contributed by atoms with E-state index in [-0.39, 0.29) is 22.9 Å². The quantitative estimate of drug-likeness (QED) is 0.590. The van der Waals surface area contributed by atoms with Crippen LogP contribution in [0.3, 0.4) is 0 Å². The summed E-state index contributed by atoms with van der Waals surface area (Å²) >= 11 is 5.94. The van der Waals surface area contributed by atoms with E-state index in [1.165, 1.54) is 17.7 Å². The second-order valence-corrected chi connectivity index (χ2v) is 10.3. The Hall–Kier alpha value is -1.98. The van der Waals surface area contributed by atoms with Crippen molar-refractivity contribution in [2.45, 2.75) is 78.0 Å². The fraction of sp³-hybridized carbons (Fsp3) is 0.480. The van der Waals surface area contributed by atoms with E-state index in [2.05, 4.69) is 75.3 Å². The maximum absolute atomic E-state index is 13.5. The van der Waals surface area contributed by atoms with Gasteiger partial charge in [0.15, 0.2) is 5.11 Å². The Labute approximate surface area is 186 Å². The van der Waals surface area contributed by atoms with Gasteiger partial charge in [0.2, 0.25) is 0 Å². The molecule has 0 spiro atoms. The van der Waals surface area contributed by atoms with E-state index in [4.69, 9.17) is 12.2 Å². The molecule has 0 aliphatic carbocycles. The molecule has 3 rings (SSSR count). The van der Waals surface area contributed by atoms with Crippen molar-refractivity contribution in [2.24, 2.45) is 0 Å². The minimum atomic E-state index is -0.217. The lowest BCUT2D eigenvalue weighted by Gasteiger charge is -2.50. The van der Waals surface area contributed by atoms with E-state index < -0.39 is 0 Å². The summed E-state index contributed by atoms with van der Waals surface area (Å²) in [5.74, 6) is -0.217. The van der Waals surface area contributed by atoms with Crippen LogP contribution < -0.4 is 10.6 Å². The number of benzene rings is 2. The third-order valence-electron chi connectivity index (χ3n) is 5.77. The third-order valence-corrected chi connectivity index (χ3v) is 6.11. The molecule has 3 nitrogen and oxygen atoms in total. The minimum absolute atomic E-state index is 0.00231. The number of halogens is 1. The predicted octanol–water partition coefficient (Wildman–Crippen LogP) is 5.95. The highest BCUT2D eigenvalue weighted by molar-refractivity contribution is 7.80. The smallest absolute Gasteiger partial charge is 0.173 e. The molecular weight excluding hydrogens is 393 g/mol. The van der Waals surface area contributed by atoms with Gasteiger partial charge in [-0.05, 0) is 101 Å². The Morgan fingerprint density at radius 3 is 2.27 bits per heavy atom. The van der Waals surface area contributed by atoms with Crippen molar-refractivity contribution in [3.8, 4) is 0 Å². The lowest BCUT2D eigenvalue weighted by molar-refractivity contribution is 0.101. The molecule has 2 aromatic rings. The van der Waals surface area contributed by atoms with E-state index in [0.717, 1.165) is 29.7 Å². The lowest BCUT2D eigenvalue weighted by atomic mass is 9.79. The van der Waals surface area contributed by atoms with Gasteiger partial charge in [-0.2, -0.15) is 0 Å². The molecule has 1 heterocycles. The number of hydrogen-bond acceptors (Lipinski definition) is 2. The molecule has 2 N–H and O–H groups in total. The highest BCUT2D eigenvalue weighted by atomic mass is 32.1. The summed E-state index contributed by atoms with van der Waals surface area (Å²) in [4.78, 5) is 2.29. The van der Waals surface area contributed by atoms with Gasteiger partial charge in [0.1, 0.15) is 5.82 Å². The van der Waals surface area contributed by atoms with Crippen molar-refractivity contribution >= 4 is 23.0 Å². The molecule has 5 heteroatoms. The van der Waals surface area contributed by atoms with E-state index in [1.54, 1.807) is 0 Å². The van der Waals surface area contributed by atoms with Gasteiger partial charge in [-0.3, -0.25) is 0 Å².